The maximum Gasteiger partial charge on any atom is 0.269 e. The largest absolute Gasteiger partial charge is 0.325 e. The number of anilines is 2. The van der Waals surface area contributed by atoms with Crippen LogP contribution in [0.3, 0.4) is 0 Å². The van der Waals surface area contributed by atoms with Gasteiger partial charge in [0.2, 0.25) is 5.91 Å². The Labute approximate surface area is 184 Å². The molecule has 0 saturated heterocycles. The average Bonchev–Trinajstić information content (AvgIpc) is 2.76. The van der Waals surface area contributed by atoms with Crippen LogP contribution in [0.15, 0.2) is 71.6 Å². The number of benzene rings is 3. The summed E-state index contributed by atoms with van der Waals surface area (Å²) in [5, 5.41) is 16.4. The summed E-state index contributed by atoms with van der Waals surface area (Å²) >= 11 is 1.40. The van der Waals surface area contributed by atoms with Gasteiger partial charge in [-0.2, -0.15) is 0 Å². The molecule has 0 aromatic heterocycles. The molecular formula is C23H21N3O4S. The predicted molar refractivity (Wildman–Crippen MR) is 123 cm³/mol. The fourth-order valence-electron chi connectivity index (χ4n) is 2.79. The molecular weight excluding hydrogens is 414 g/mol. The van der Waals surface area contributed by atoms with Crippen LogP contribution in [0.1, 0.15) is 21.5 Å². The first-order valence-corrected chi connectivity index (χ1v) is 10.5. The van der Waals surface area contributed by atoms with Gasteiger partial charge in [0, 0.05) is 34.0 Å². The molecule has 0 fully saturated rings. The standard InChI is InChI=1S/C23H21N3O4S/c1-15-4-3-5-21(16(15)2)25-22(27)14-31-20-12-8-18(9-13-20)24-23(28)17-6-10-19(11-7-17)26(29)30/h3-13H,14H2,1-2H3,(H,24,28)(H,25,27). The smallest absolute Gasteiger partial charge is 0.269 e. The third kappa shape index (κ3) is 5.93. The number of thioether (sulfide) groups is 1. The van der Waals surface area contributed by atoms with E-state index >= 15 is 0 Å². The molecule has 0 bridgehead atoms. The second-order valence-electron chi connectivity index (χ2n) is 6.87. The zero-order valence-corrected chi connectivity index (χ0v) is 17.9. The first-order chi connectivity index (χ1) is 14.8. The quantitative estimate of drug-likeness (QED) is 0.302. The Balaban J connectivity index is 1.52. The van der Waals surface area contributed by atoms with Crippen LogP contribution in [0.25, 0.3) is 0 Å². The Hall–Kier alpha value is -3.65. The summed E-state index contributed by atoms with van der Waals surface area (Å²) in [5.41, 5.74) is 3.83. The van der Waals surface area contributed by atoms with Crippen molar-refractivity contribution in [2.24, 2.45) is 0 Å². The molecule has 31 heavy (non-hydrogen) atoms. The fraction of sp³-hybridized carbons (Fsp3) is 0.130. The summed E-state index contributed by atoms with van der Waals surface area (Å²) in [7, 11) is 0. The minimum Gasteiger partial charge on any atom is -0.325 e. The Bertz CT molecular complexity index is 1110. The Morgan fingerprint density at radius 1 is 0.935 bits per heavy atom. The molecule has 0 atom stereocenters. The number of aryl methyl sites for hydroxylation is 1. The lowest BCUT2D eigenvalue weighted by Crippen LogP contribution is -2.15. The lowest BCUT2D eigenvalue weighted by molar-refractivity contribution is -0.384. The highest BCUT2D eigenvalue weighted by molar-refractivity contribution is 8.00. The number of nitro groups is 1. The van der Waals surface area contributed by atoms with Crippen molar-refractivity contribution in [2.75, 3.05) is 16.4 Å². The molecule has 0 heterocycles. The van der Waals surface area contributed by atoms with Gasteiger partial charge in [-0.05, 0) is 67.4 Å². The van der Waals surface area contributed by atoms with Crippen LogP contribution < -0.4 is 10.6 Å². The van der Waals surface area contributed by atoms with Crippen molar-refractivity contribution in [2.45, 2.75) is 18.7 Å². The van der Waals surface area contributed by atoms with Crippen LogP contribution in [0.5, 0.6) is 0 Å². The van der Waals surface area contributed by atoms with E-state index in [0.717, 1.165) is 21.7 Å². The summed E-state index contributed by atoms with van der Waals surface area (Å²) in [6.45, 7) is 3.98. The topological polar surface area (TPSA) is 101 Å². The highest BCUT2D eigenvalue weighted by Crippen LogP contribution is 2.23. The van der Waals surface area contributed by atoms with E-state index in [9.17, 15) is 19.7 Å². The van der Waals surface area contributed by atoms with Crippen LogP contribution in [-0.4, -0.2) is 22.5 Å². The molecule has 3 aromatic rings. The molecule has 0 saturated carbocycles. The van der Waals surface area contributed by atoms with E-state index in [1.165, 1.54) is 36.0 Å². The second-order valence-corrected chi connectivity index (χ2v) is 7.92. The summed E-state index contributed by atoms with van der Waals surface area (Å²) in [6.07, 6.45) is 0. The maximum atomic E-state index is 12.3. The second kappa shape index (κ2) is 9.90. The third-order valence-corrected chi connectivity index (χ3v) is 5.71. The van der Waals surface area contributed by atoms with Crippen molar-refractivity contribution < 1.29 is 14.5 Å². The predicted octanol–water partition coefficient (Wildman–Crippen LogP) is 5.19. The molecule has 0 unspecified atom stereocenters. The lowest BCUT2D eigenvalue weighted by Gasteiger charge is -2.10. The number of hydrogen-bond donors (Lipinski definition) is 2. The van der Waals surface area contributed by atoms with Gasteiger partial charge in [0.1, 0.15) is 0 Å². The van der Waals surface area contributed by atoms with Gasteiger partial charge in [0.05, 0.1) is 10.7 Å². The minimum absolute atomic E-state index is 0.0699. The number of nitrogens with zero attached hydrogens (tertiary/aromatic N) is 1. The van der Waals surface area contributed by atoms with Crippen molar-refractivity contribution in [3.8, 4) is 0 Å². The molecule has 0 aliphatic rings. The van der Waals surface area contributed by atoms with Gasteiger partial charge in [-0.1, -0.05) is 12.1 Å². The van der Waals surface area contributed by atoms with Crippen molar-refractivity contribution in [1.82, 2.24) is 0 Å². The first kappa shape index (κ1) is 22.0. The number of carbonyl (C=O) groups is 2. The highest BCUT2D eigenvalue weighted by atomic mass is 32.2. The Morgan fingerprint density at radius 3 is 2.26 bits per heavy atom. The fourth-order valence-corrected chi connectivity index (χ4v) is 3.49. The normalized spacial score (nSPS) is 10.4. The third-order valence-electron chi connectivity index (χ3n) is 4.70. The highest BCUT2D eigenvalue weighted by Gasteiger charge is 2.10. The molecule has 7 nitrogen and oxygen atoms in total. The summed E-state index contributed by atoms with van der Waals surface area (Å²) in [5.74, 6) is -0.181. The van der Waals surface area contributed by atoms with Crippen molar-refractivity contribution in [3.63, 3.8) is 0 Å². The van der Waals surface area contributed by atoms with Crippen molar-refractivity contribution in [1.29, 1.82) is 0 Å². The molecule has 0 radical (unpaired) electrons. The van der Waals surface area contributed by atoms with Gasteiger partial charge in [-0.3, -0.25) is 19.7 Å². The van der Waals surface area contributed by atoms with Gasteiger partial charge in [0.25, 0.3) is 11.6 Å². The monoisotopic (exact) mass is 435 g/mol. The van der Waals surface area contributed by atoms with Crippen molar-refractivity contribution >= 4 is 40.6 Å². The van der Waals surface area contributed by atoms with E-state index in [2.05, 4.69) is 10.6 Å². The van der Waals surface area contributed by atoms with Gasteiger partial charge in [-0.25, -0.2) is 0 Å². The van der Waals surface area contributed by atoms with E-state index in [0.29, 0.717) is 11.3 Å². The van der Waals surface area contributed by atoms with Crippen LogP contribution >= 0.6 is 11.8 Å². The lowest BCUT2D eigenvalue weighted by atomic mass is 10.1. The van der Waals surface area contributed by atoms with Crippen LogP contribution in [0.2, 0.25) is 0 Å². The zero-order chi connectivity index (χ0) is 22.4. The summed E-state index contributed by atoms with van der Waals surface area (Å²) in [6, 6.07) is 18.3. The molecule has 3 rings (SSSR count). The van der Waals surface area contributed by atoms with Crippen LogP contribution in [0.4, 0.5) is 17.1 Å². The van der Waals surface area contributed by atoms with Crippen molar-refractivity contribution in [3.05, 3.63) is 93.5 Å². The Morgan fingerprint density at radius 2 is 1.61 bits per heavy atom. The minimum atomic E-state index is -0.513. The zero-order valence-electron chi connectivity index (χ0n) is 17.0. The Kier molecular flexibility index (Phi) is 7.04. The molecule has 2 amide bonds. The van der Waals surface area contributed by atoms with Gasteiger partial charge in [-0.15, -0.1) is 11.8 Å². The number of nitrogens with one attached hydrogen (secondary N) is 2. The molecule has 3 aromatic carbocycles. The first-order valence-electron chi connectivity index (χ1n) is 9.48. The number of hydrogen-bond acceptors (Lipinski definition) is 5. The summed E-state index contributed by atoms with van der Waals surface area (Å²) < 4.78 is 0. The number of non-ortho nitro benzene ring substituents is 1. The summed E-state index contributed by atoms with van der Waals surface area (Å²) in [4.78, 5) is 35.6. The maximum absolute atomic E-state index is 12.3. The van der Waals surface area contributed by atoms with E-state index in [-0.39, 0.29) is 23.3 Å². The molecule has 0 spiro atoms. The number of carbonyl (C=O) groups excluding carboxylic acids is 2. The number of nitro benzene ring substituents is 1. The molecule has 158 valence electrons. The van der Waals surface area contributed by atoms with E-state index < -0.39 is 4.92 Å². The molecule has 0 aliphatic carbocycles. The van der Waals surface area contributed by atoms with Gasteiger partial charge in [0.15, 0.2) is 0 Å². The molecule has 8 heteroatoms. The average molecular weight is 436 g/mol. The van der Waals surface area contributed by atoms with Crippen LogP contribution in [-0.2, 0) is 4.79 Å². The van der Waals surface area contributed by atoms with E-state index in [1.54, 1.807) is 12.1 Å². The van der Waals surface area contributed by atoms with E-state index in [4.69, 9.17) is 0 Å². The molecule has 0 aliphatic heterocycles. The van der Waals surface area contributed by atoms with Crippen LogP contribution in [0, 0.1) is 24.0 Å². The number of amides is 2. The van der Waals surface area contributed by atoms with Gasteiger partial charge < -0.3 is 10.6 Å². The van der Waals surface area contributed by atoms with E-state index in [1.807, 2.05) is 44.2 Å². The van der Waals surface area contributed by atoms with Gasteiger partial charge >= 0.3 is 0 Å². The SMILES string of the molecule is Cc1cccc(NC(=O)CSc2ccc(NC(=O)c3ccc([N+](=O)[O-])cc3)cc2)c1C. The number of rotatable bonds is 7. The molecule has 2 N–H and O–H groups in total.